The fourth-order valence-electron chi connectivity index (χ4n) is 1.58. The van der Waals surface area contributed by atoms with Crippen molar-refractivity contribution in [1.29, 1.82) is 0 Å². The predicted octanol–water partition coefficient (Wildman–Crippen LogP) is 0.340. The van der Waals surface area contributed by atoms with E-state index in [4.69, 9.17) is 5.73 Å². The molecule has 0 unspecified atom stereocenters. The second-order valence-corrected chi connectivity index (χ2v) is 4.03. The molecule has 2 aromatic rings. The fraction of sp³-hybridized carbons (Fsp3) is 0.333. The van der Waals surface area contributed by atoms with E-state index in [0.29, 0.717) is 13.0 Å². The number of nitrogens with one attached hydrogen (secondary N) is 1. The van der Waals surface area contributed by atoms with Gasteiger partial charge in [-0.25, -0.2) is 4.98 Å². The lowest BCUT2D eigenvalue weighted by Crippen LogP contribution is -2.39. The first-order chi connectivity index (χ1) is 8.16. The minimum absolute atomic E-state index is 0.131. The van der Waals surface area contributed by atoms with Gasteiger partial charge in [-0.3, -0.25) is 4.79 Å². The minimum Gasteiger partial charge on any atom is -0.354 e. The highest BCUT2D eigenvalue weighted by atomic mass is 16.2. The summed E-state index contributed by atoms with van der Waals surface area (Å²) in [6.07, 6.45) is 4.62. The highest BCUT2D eigenvalue weighted by molar-refractivity contribution is 5.80. The first kappa shape index (κ1) is 11.6. The van der Waals surface area contributed by atoms with Gasteiger partial charge in [0.25, 0.3) is 0 Å². The summed E-state index contributed by atoms with van der Waals surface area (Å²) in [5.74, 6) is -0.131. The van der Waals surface area contributed by atoms with Gasteiger partial charge in [-0.2, -0.15) is 0 Å². The van der Waals surface area contributed by atoms with Crippen LogP contribution >= 0.6 is 0 Å². The lowest BCUT2D eigenvalue weighted by Gasteiger charge is -2.05. The molecule has 0 aromatic carbocycles. The number of imidazole rings is 1. The van der Waals surface area contributed by atoms with Gasteiger partial charge in [-0.15, -0.1) is 0 Å². The molecule has 0 radical (unpaired) electrons. The van der Waals surface area contributed by atoms with E-state index in [-0.39, 0.29) is 5.91 Å². The molecule has 0 saturated heterocycles. The van der Waals surface area contributed by atoms with Gasteiger partial charge < -0.3 is 15.5 Å². The average molecular weight is 232 g/mol. The number of nitrogens with zero attached hydrogens (tertiary/aromatic N) is 2. The molecule has 0 spiro atoms. The van der Waals surface area contributed by atoms with Crippen LogP contribution in [-0.4, -0.2) is 27.9 Å². The van der Waals surface area contributed by atoms with E-state index in [1.165, 1.54) is 0 Å². The van der Waals surface area contributed by atoms with Crippen LogP contribution in [0.25, 0.3) is 5.65 Å². The van der Waals surface area contributed by atoms with Crippen molar-refractivity contribution in [2.24, 2.45) is 5.73 Å². The standard InChI is InChI=1S/C12H16N4O/c1-9(13)12(17)14-6-5-10-8-16-7-3-2-4-11(16)15-10/h2-4,7-9H,5-6,13H2,1H3,(H,14,17)/t9-/m0/s1. The summed E-state index contributed by atoms with van der Waals surface area (Å²) in [6.45, 7) is 2.23. The Morgan fingerprint density at radius 3 is 3.12 bits per heavy atom. The second kappa shape index (κ2) is 4.97. The van der Waals surface area contributed by atoms with Crippen LogP contribution in [0.5, 0.6) is 0 Å². The minimum atomic E-state index is -0.462. The number of nitrogens with two attached hydrogens (primary N) is 1. The van der Waals surface area contributed by atoms with Crippen LogP contribution in [0.4, 0.5) is 0 Å². The van der Waals surface area contributed by atoms with E-state index in [1.54, 1.807) is 6.92 Å². The maximum absolute atomic E-state index is 11.2. The van der Waals surface area contributed by atoms with Gasteiger partial charge in [0.15, 0.2) is 0 Å². The number of pyridine rings is 1. The van der Waals surface area contributed by atoms with Crippen molar-refractivity contribution in [3.05, 3.63) is 36.3 Å². The smallest absolute Gasteiger partial charge is 0.236 e. The van der Waals surface area contributed by atoms with E-state index in [9.17, 15) is 4.79 Å². The van der Waals surface area contributed by atoms with Crippen molar-refractivity contribution in [3.63, 3.8) is 0 Å². The second-order valence-electron chi connectivity index (χ2n) is 4.03. The molecule has 0 saturated carbocycles. The first-order valence-corrected chi connectivity index (χ1v) is 5.63. The predicted molar refractivity (Wildman–Crippen MR) is 65.6 cm³/mol. The van der Waals surface area contributed by atoms with Crippen molar-refractivity contribution >= 4 is 11.6 Å². The van der Waals surface area contributed by atoms with Gasteiger partial charge in [0, 0.05) is 25.4 Å². The molecule has 0 aliphatic rings. The zero-order valence-corrected chi connectivity index (χ0v) is 9.76. The quantitative estimate of drug-likeness (QED) is 0.798. The van der Waals surface area contributed by atoms with Crippen LogP contribution in [0.3, 0.4) is 0 Å². The van der Waals surface area contributed by atoms with Crippen molar-refractivity contribution in [2.75, 3.05) is 6.54 Å². The zero-order valence-electron chi connectivity index (χ0n) is 9.76. The molecular weight excluding hydrogens is 216 g/mol. The number of fused-ring (bicyclic) bond motifs is 1. The summed E-state index contributed by atoms with van der Waals surface area (Å²) in [5, 5.41) is 2.76. The van der Waals surface area contributed by atoms with Gasteiger partial charge in [-0.05, 0) is 19.1 Å². The van der Waals surface area contributed by atoms with Crippen LogP contribution < -0.4 is 11.1 Å². The number of rotatable bonds is 4. The molecule has 3 N–H and O–H groups in total. The summed E-state index contributed by atoms with van der Waals surface area (Å²) < 4.78 is 1.96. The number of hydrogen-bond donors (Lipinski definition) is 2. The number of aromatic nitrogens is 2. The van der Waals surface area contributed by atoms with Crippen molar-refractivity contribution in [2.45, 2.75) is 19.4 Å². The molecular formula is C12H16N4O. The van der Waals surface area contributed by atoms with Gasteiger partial charge >= 0.3 is 0 Å². The van der Waals surface area contributed by atoms with Crippen molar-refractivity contribution in [1.82, 2.24) is 14.7 Å². The highest BCUT2D eigenvalue weighted by Gasteiger charge is 2.06. The van der Waals surface area contributed by atoms with E-state index in [2.05, 4.69) is 10.3 Å². The van der Waals surface area contributed by atoms with Crippen LogP contribution in [0, 0.1) is 0 Å². The zero-order chi connectivity index (χ0) is 12.3. The van der Waals surface area contributed by atoms with Crippen LogP contribution in [0.15, 0.2) is 30.6 Å². The molecule has 2 aromatic heterocycles. The molecule has 1 amide bonds. The highest BCUT2D eigenvalue weighted by Crippen LogP contribution is 2.04. The van der Waals surface area contributed by atoms with Crippen molar-refractivity contribution < 1.29 is 4.79 Å². The normalized spacial score (nSPS) is 12.6. The van der Waals surface area contributed by atoms with Gasteiger partial charge in [-0.1, -0.05) is 6.07 Å². The average Bonchev–Trinajstić information content (AvgIpc) is 2.71. The Bertz CT molecular complexity index is 485. The van der Waals surface area contributed by atoms with Crippen LogP contribution in [-0.2, 0) is 11.2 Å². The fourth-order valence-corrected chi connectivity index (χ4v) is 1.58. The lowest BCUT2D eigenvalue weighted by atomic mass is 10.3. The molecule has 5 nitrogen and oxygen atoms in total. The van der Waals surface area contributed by atoms with Gasteiger partial charge in [0.2, 0.25) is 5.91 Å². The number of carbonyl (C=O) groups excluding carboxylic acids is 1. The maximum atomic E-state index is 11.2. The third-order valence-corrected chi connectivity index (χ3v) is 2.51. The number of carbonyl (C=O) groups is 1. The maximum Gasteiger partial charge on any atom is 0.236 e. The van der Waals surface area contributed by atoms with E-state index in [1.807, 2.05) is 35.0 Å². The Kier molecular flexibility index (Phi) is 3.39. The molecule has 90 valence electrons. The summed E-state index contributed by atoms with van der Waals surface area (Å²) in [4.78, 5) is 15.7. The Hall–Kier alpha value is -1.88. The molecule has 5 heteroatoms. The molecule has 2 heterocycles. The SMILES string of the molecule is C[C@H](N)C(=O)NCCc1cn2ccccc2n1. The third-order valence-electron chi connectivity index (χ3n) is 2.51. The summed E-state index contributed by atoms with van der Waals surface area (Å²) in [7, 11) is 0. The Labute approximate surface area is 99.6 Å². The topological polar surface area (TPSA) is 72.4 Å². The number of amides is 1. The molecule has 1 atom stereocenters. The largest absolute Gasteiger partial charge is 0.354 e. The summed E-state index contributed by atoms with van der Waals surface area (Å²) >= 11 is 0. The van der Waals surface area contributed by atoms with E-state index < -0.39 is 6.04 Å². The van der Waals surface area contributed by atoms with Crippen LogP contribution in [0.1, 0.15) is 12.6 Å². The Morgan fingerprint density at radius 1 is 1.59 bits per heavy atom. The Morgan fingerprint density at radius 2 is 2.41 bits per heavy atom. The van der Waals surface area contributed by atoms with Gasteiger partial charge in [0.1, 0.15) is 5.65 Å². The van der Waals surface area contributed by atoms with E-state index >= 15 is 0 Å². The lowest BCUT2D eigenvalue weighted by molar-refractivity contribution is -0.121. The molecule has 17 heavy (non-hydrogen) atoms. The monoisotopic (exact) mass is 232 g/mol. The first-order valence-electron chi connectivity index (χ1n) is 5.63. The van der Waals surface area contributed by atoms with Crippen molar-refractivity contribution in [3.8, 4) is 0 Å². The molecule has 0 aliphatic heterocycles. The number of hydrogen-bond acceptors (Lipinski definition) is 3. The summed E-state index contributed by atoms with van der Waals surface area (Å²) in [6, 6.07) is 5.39. The van der Waals surface area contributed by atoms with E-state index in [0.717, 1.165) is 11.3 Å². The van der Waals surface area contributed by atoms with Gasteiger partial charge in [0.05, 0.1) is 11.7 Å². The Balaban J connectivity index is 1.93. The third kappa shape index (κ3) is 2.82. The molecule has 2 rings (SSSR count). The summed E-state index contributed by atoms with van der Waals surface area (Å²) in [5.41, 5.74) is 7.32. The molecule has 0 aliphatic carbocycles. The van der Waals surface area contributed by atoms with Crippen LogP contribution in [0.2, 0.25) is 0 Å². The molecule has 0 bridgehead atoms. The molecule has 0 fully saturated rings.